The summed E-state index contributed by atoms with van der Waals surface area (Å²) in [5, 5.41) is 14.8. The van der Waals surface area contributed by atoms with E-state index < -0.39 is 5.97 Å². The Labute approximate surface area is 109 Å². The van der Waals surface area contributed by atoms with Gasteiger partial charge in [0, 0.05) is 5.69 Å². The summed E-state index contributed by atoms with van der Waals surface area (Å²) in [5.41, 5.74) is 0.421. The molecule has 1 atom stereocenters. The van der Waals surface area contributed by atoms with Gasteiger partial charge in [0.05, 0.1) is 16.6 Å². The van der Waals surface area contributed by atoms with Gasteiger partial charge in [-0.25, -0.2) is 4.79 Å². The van der Waals surface area contributed by atoms with Gasteiger partial charge in [0.25, 0.3) is 0 Å². The normalized spacial score (nSPS) is 18.6. The van der Waals surface area contributed by atoms with Gasteiger partial charge in [0.1, 0.15) is 0 Å². The lowest BCUT2D eigenvalue weighted by Crippen LogP contribution is -2.35. The van der Waals surface area contributed by atoms with Crippen LogP contribution in [0.15, 0.2) is 18.2 Å². The molecule has 0 bridgehead atoms. The van der Waals surface area contributed by atoms with E-state index in [1.165, 1.54) is 12.1 Å². The Hall–Kier alpha value is -1.59. The SMILES string of the molecule is O=C(O)c1cc(NC(=O)C2CCCN2)ccc1Cl. The van der Waals surface area contributed by atoms with Crippen molar-refractivity contribution in [2.24, 2.45) is 0 Å². The number of nitrogens with one attached hydrogen (secondary N) is 2. The molecule has 1 fully saturated rings. The number of halogens is 1. The highest BCUT2D eigenvalue weighted by atomic mass is 35.5. The molecule has 1 amide bonds. The average Bonchev–Trinajstić information content (AvgIpc) is 2.85. The van der Waals surface area contributed by atoms with Gasteiger partial charge in [-0.2, -0.15) is 0 Å². The van der Waals surface area contributed by atoms with Crippen LogP contribution in [0.5, 0.6) is 0 Å². The van der Waals surface area contributed by atoms with Crippen LogP contribution >= 0.6 is 11.6 Å². The van der Waals surface area contributed by atoms with E-state index in [1.807, 2.05) is 0 Å². The molecular weight excluding hydrogens is 256 g/mol. The molecule has 1 aliphatic rings. The Bertz CT molecular complexity index is 484. The Morgan fingerprint density at radius 2 is 2.22 bits per heavy atom. The van der Waals surface area contributed by atoms with Crippen LogP contribution in [0, 0.1) is 0 Å². The van der Waals surface area contributed by atoms with Crippen molar-refractivity contribution in [1.29, 1.82) is 0 Å². The minimum Gasteiger partial charge on any atom is -0.478 e. The second-order valence-electron chi connectivity index (χ2n) is 4.14. The molecule has 1 heterocycles. The summed E-state index contributed by atoms with van der Waals surface area (Å²) in [4.78, 5) is 22.7. The van der Waals surface area contributed by atoms with Gasteiger partial charge < -0.3 is 15.7 Å². The summed E-state index contributed by atoms with van der Waals surface area (Å²) in [6.07, 6.45) is 1.77. The molecule has 0 radical (unpaired) electrons. The first-order chi connectivity index (χ1) is 8.58. The summed E-state index contributed by atoms with van der Waals surface area (Å²) in [7, 11) is 0. The number of hydrogen-bond acceptors (Lipinski definition) is 3. The number of carboxylic acids is 1. The number of carboxylic acid groups (broad SMARTS) is 1. The largest absolute Gasteiger partial charge is 0.478 e. The second kappa shape index (κ2) is 5.37. The third-order valence-corrected chi connectivity index (χ3v) is 3.17. The summed E-state index contributed by atoms with van der Waals surface area (Å²) >= 11 is 5.75. The maximum Gasteiger partial charge on any atom is 0.337 e. The van der Waals surface area contributed by atoms with Gasteiger partial charge >= 0.3 is 5.97 Å². The molecule has 18 heavy (non-hydrogen) atoms. The van der Waals surface area contributed by atoms with Gasteiger partial charge in [-0.15, -0.1) is 0 Å². The summed E-state index contributed by atoms with van der Waals surface area (Å²) in [5.74, 6) is -1.26. The first-order valence-electron chi connectivity index (χ1n) is 5.65. The number of anilines is 1. The smallest absolute Gasteiger partial charge is 0.337 e. The average molecular weight is 269 g/mol. The van der Waals surface area contributed by atoms with Crippen molar-refractivity contribution in [3.05, 3.63) is 28.8 Å². The van der Waals surface area contributed by atoms with Crippen LogP contribution in [-0.2, 0) is 4.79 Å². The van der Waals surface area contributed by atoms with Crippen molar-refractivity contribution in [2.75, 3.05) is 11.9 Å². The van der Waals surface area contributed by atoms with E-state index in [9.17, 15) is 9.59 Å². The van der Waals surface area contributed by atoms with Crippen molar-refractivity contribution in [2.45, 2.75) is 18.9 Å². The van der Waals surface area contributed by atoms with Crippen LogP contribution in [0.2, 0.25) is 5.02 Å². The van der Waals surface area contributed by atoms with Crippen molar-refractivity contribution in [3.8, 4) is 0 Å². The topological polar surface area (TPSA) is 78.4 Å². The molecular formula is C12H13ClN2O3. The highest BCUT2D eigenvalue weighted by Crippen LogP contribution is 2.21. The van der Waals surface area contributed by atoms with Gasteiger partial charge in [0.15, 0.2) is 0 Å². The highest BCUT2D eigenvalue weighted by Gasteiger charge is 2.22. The number of benzene rings is 1. The van der Waals surface area contributed by atoms with E-state index in [1.54, 1.807) is 6.07 Å². The highest BCUT2D eigenvalue weighted by molar-refractivity contribution is 6.33. The number of carbonyl (C=O) groups excluding carboxylic acids is 1. The minimum absolute atomic E-state index is 0.0196. The third-order valence-electron chi connectivity index (χ3n) is 2.84. The molecule has 2 rings (SSSR count). The number of carbonyl (C=O) groups is 2. The lowest BCUT2D eigenvalue weighted by atomic mass is 10.1. The van der Waals surface area contributed by atoms with Crippen LogP contribution in [0.25, 0.3) is 0 Å². The summed E-state index contributed by atoms with van der Waals surface area (Å²) in [6, 6.07) is 4.20. The fourth-order valence-electron chi connectivity index (χ4n) is 1.90. The third kappa shape index (κ3) is 2.80. The Kier molecular flexibility index (Phi) is 3.84. The van der Waals surface area contributed by atoms with Crippen molar-refractivity contribution >= 4 is 29.2 Å². The molecule has 0 aliphatic carbocycles. The predicted molar refractivity (Wildman–Crippen MR) is 68.1 cm³/mol. The van der Waals surface area contributed by atoms with E-state index >= 15 is 0 Å². The molecule has 1 aromatic rings. The van der Waals surface area contributed by atoms with Crippen molar-refractivity contribution in [1.82, 2.24) is 5.32 Å². The molecule has 1 saturated heterocycles. The van der Waals surface area contributed by atoms with Gasteiger partial charge in [-0.05, 0) is 37.6 Å². The fraction of sp³-hybridized carbons (Fsp3) is 0.333. The quantitative estimate of drug-likeness (QED) is 0.780. The van der Waals surface area contributed by atoms with E-state index in [-0.39, 0.29) is 22.5 Å². The minimum atomic E-state index is -1.12. The summed E-state index contributed by atoms with van der Waals surface area (Å²) < 4.78 is 0. The van der Waals surface area contributed by atoms with Crippen LogP contribution < -0.4 is 10.6 Å². The van der Waals surface area contributed by atoms with E-state index in [4.69, 9.17) is 16.7 Å². The molecule has 5 nitrogen and oxygen atoms in total. The molecule has 96 valence electrons. The number of amides is 1. The predicted octanol–water partition coefficient (Wildman–Crippen LogP) is 1.73. The van der Waals surface area contributed by atoms with E-state index in [2.05, 4.69) is 10.6 Å². The standard InChI is InChI=1S/C12H13ClN2O3/c13-9-4-3-7(6-8(9)12(17)18)15-11(16)10-2-1-5-14-10/h3-4,6,10,14H,1-2,5H2,(H,15,16)(H,17,18). The maximum atomic E-state index is 11.8. The molecule has 0 spiro atoms. The zero-order valence-electron chi connectivity index (χ0n) is 9.57. The van der Waals surface area contributed by atoms with Gasteiger partial charge in [-0.1, -0.05) is 11.6 Å². The van der Waals surface area contributed by atoms with Crippen LogP contribution in [0.4, 0.5) is 5.69 Å². The van der Waals surface area contributed by atoms with E-state index in [0.717, 1.165) is 19.4 Å². The first kappa shape index (κ1) is 12.9. The molecule has 0 aromatic heterocycles. The Morgan fingerprint density at radius 1 is 1.44 bits per heavy atom. The van der Waals surface area contributed by atoms with Crippen molar-refractivity contribution < 1.29 is 14.7 Å². The number of rotatable bonds is 3. The zero-order chi connectivity index (χ0) is 13.1. The lowest BCUT2D eigenvalue weighted by molar-refractivity contribution is -0.117. The molecule has 1 unspecified atom stereocenters. The molecule has 0 saturated carbocycles. The Morgan fingerprint density at radius 3 is 2.83 bits per heavy atom. The van der Waals surface area contributed by atoms with Crippen LogP contribution in [-0.4, -0.2) is 29.6 Å². The molecule has 1 aromatic carbocycles. The van der Waals surface area contributed by atoms with Crippen LogP contribution in [0.1, 0.15) is 23.2 Å². The second-order valence-corrected chi connectivity index (χ2v) is 4.55. The zero-order valence-corrected chi connectivity index (χ0v) is 10.3. The molecule has 6 heteroatoms. The summed E-state index contributed by atoms with van der Waals surface area (Å²) in [6.45, 7) is 0.832. The van der Waals surface area contributed by atoms with Gasteiger partial charge in [0.2, 0.25) is 5.91 Å². The van der Waals surface area contributed by atoms with Crippen molar-refractivity contribution in [3.63, 3.8) is 0 Å². The molecule has 3 N–H and O–H groups in total. The molecule has 1 aliphatic heterocycles. The first-order valence-corrected chi connectivity index (χ1v) is 6.03. The maximum absolute atomic E-state index is 11.8. The monoisotopic (exact) mass is 268 g/mol. The number of aromatic carboxylic acids is 1. The fourth-order valence-corrected chi connectivity index (χ4v) is 2.10. The lowest BCUT2D eigenvalue weighted by Gasteiger charge is -2.11. The van der Waals surface area contributed by atoms with E-state index in [0.29, 0.717) is 5.69 Å². The number of hydrogen-bond donors (Lipinski definition) is 3. The van der Waals surface area contributed by atoms with Crippen LogP contribution in [0.3, 0.4) is 0 Å². The Balaban J connectivity index is 2.11. The van der Waals surface area contributed by atoms with Gasteiger partial charge in [-0.3, -0.25) is 4.79 Å².